The zero-order chi connectivity index (χ0) is 18.3. The first-order valence-electron chi connectivity index (χ1n) is 8.64. The first-order valence-corrected chi connectivity index (χ1v) is 9.02. The molecule has 4 rings (SSSR count). The molecule has 0 bridgehead atoms. The minimum atomic E-state index is -1.20. The van der Waals surface area contributed by atoms with Crippen molar-refractivity contribution >= 4 is 28.5 Å². The van der Waals surface area contributed by atoms with Gasteiger partial charge in [0.1, 0.15) is 5.65 Å². The number of aromatic nitrogens is 2. The number of aliphatic hydroxyl groups is 1. The number of aliphatic hydroxyl groups excluding tert-OH is 1. The molecule has 2 atom stereocenters. The van der Waals surface area contributed by atoms with Gasteiger partial charge in [-0.1, -0.05) is 11.6 Å². The van der Waals surface area contributed by atoms with E-state index in [1.807, 2.05) is 4.57 Å². The second-order valence-corrected chi connectivity index (χ2v) is 7.10. The summed E-state index contributed by atoms with van der Waals surface area (Å²) in [6.45, 7) is 2.64. The van der Waals surface area contributed by atoms with Crippen molar-refractivity contribution in [3.63, 3.8) is 0 Å². The van der Waals surface area contributed by atoms with Gasteiger partial charge in [0, 0.05) is 24.8 Å². The summed E-state index contributed by atoms with van der Waals surface area (Å²) in [6.07, 6.45) is 1.15. The number of ether oxygens (including phenoxy) is 1. The Bertz CT molecular complexity index is 839. The van der Waals surface area contributed by atoms with Gasteiger partial charge in [0.25, 0.3) is 5.91 Å². The lowest BCUT2D eigenvalue weighted by Crippen LogP contribution is -2.48. The highest BCUT2D eigenvalue weighted by Crippen LogP contribution is 2.28. The fraction of sp³-hybridized carbons (Fsp3) is 0.529. The maximum atomic E-state index is 14.2. The summed E-state index contributed by atoms with van der Waals surface area (Å²) in [6, 6.07) is 1.98. The molecule has 0 aliphatic carbocycles. The highest BCUT2D eigenvalue weighted by molar-refractivity contribution is 6.31. The summed E-state index contributed by atoms with van der Waals surface area (Å²) in [5.74, 6) is -0.885. The standard InChI is InChI=1S/C17H20ClFN4O3/c18-13-6-21-16-12(15(13)19)5-11-7-22(3-4-23(11)16)17(25)14(24)9-26-8-10-1-2-20-10/h5-6,10,14,20,24H,1-4,7-9H2. The first-order chi connectivity index (χ1) is 12.5. The highest BCUT2D eigenvalue weighted by atomic mass is 35.5. The SMILES string of the molecule is O=C(C(O)COCC1CCN1)N1CCn2c(cc3c(F)c(Cl)cnc32)C1. The van der Waals surface area contributed by atoms with E-state index >= 15 is 0 Å². The second kappa shape index (κ2) is 7.11. The number of fused-ring (bicyclic) bond motifs is 3. The van der Waals surface area contributed by atoms with Crippen LogP contribution in [0.1, 0.15) is 12.1 Å². The molecule has 2 N–H and O–H groups in total. The van der Waals surface area contributed by atoms with E-state index in [0.29, 0.717) is 36.8 Å². The van der Waals surface area contributed by atoms with Crippen molar-refractivity contribution < 1.29 is 19.0 Å². The van der Waals surface area contributed by atoms with E-state index in [1.54, 1.807) is 11.0 Å². The second-order valence-electron chi connectivity index (χ2n) is 6.70. The van der Waals surface area contributed by atoms with Crippen molar-refractivity contribution in [3.8, 4) is 0 Å². The molecule has 0 radical (unpaired) electrons. The molecule has 2 unspecified atom stereocenters. The highest BCUT2D eigenvalue weighted by Gasteiger charge is 2.28. The van der Waals surface area contributed by atoms with Crippen LogP contribution in [-0.2, 0) is 22.6 Å². The fourth-order valence-electron chi connectivity index (χ4n) is 3.35. The fourth-order valence-corrected chi connectivity index (χ4v) is 3.50. The lowest BCUT2D eigenvalue weighted by atomic mass is 10.1. The minimum Gasteiger partial charge on any atom is -0.381 e. The molecule has 0 saturated carbocycles. The van der Waals surface area contributed by atoms with Crippen LogP contribution in [0.2, 0.25) is 5.02 Å². The van der Waals surface area contributed by atoms with Crippen LogP contribution in [0.25, 0.3) is 11.0 Å². The van der Waals surface area contributed by atoms with E-state index in [9.17, 15) is 14.3 Å². The summed E-state index contributed by atoms with van der Waals surface area (Å²) in [7, 11) is 0. The zero-order valence-electron chi connectivity index (χ0n) is 14.1. The Balaban J connectivity index is 1.42. The van der Waals surface area contributed by atoms with Crippen molar-refractivity contribution in [3.05, 3.63) is 28.8 Å². The number of carbonyl (C=O) groups excluding carboxylic acids is 1. The molecule has 26 heavy (non-hydrogen) atoms. The molecule has 2 aromatic rings. The van der Waals surface area contributed by atoms with E-state index in [0.717, 1.165) is 18.7 Å². The Hall–Kier alpha value is -1.74. The van der Waals surface area contributed by atoms with Crippen molar-refractivity contribution in [1.29, 1.82) is 0 Å². The number of nitrogens with zero attached hydrogens (tertiary/aromatic N) is 3. The van der Waals surface area contributed by atoms with E-state index in [2.05, 4.69) is 10.3 Å². The Morgan fingerprint density at radius 1 is 1.54 bits per heavy atom. The van der Waals surface area contributed by atoms with Crippen LogP contribution in [-0.4, -0.2) is 63.9 Å². The van der Waals surface area contributed by atoms with E-state index in [-0.39, 0.29) is 24.1 Å². The molecule has 1 fully saturated rings. The molecule has 4 heterocycles. The Kier molecular flexibility index (Phi) is 4.83. The topological polar surface area (TPSA) is 79.6 Å². The lowest BCUT2D eigenvalue weighted by Gasteiger charge is -2.31. The smallest absolute Gasteiger partial charge is 0.254 e. The van der Waals surface area contributed by atoms with Crippen LogP contribution < -0.4 is 5.32 Å². The van der Waals surface area contributed by atoms with Crippen LogP contribution in [0.5, 0.6) is 0 Å². The van der Waals surface area contributed by atoms with Gasteiger partial charge in [-0.15, -0.1) is 0 Å². The summed E-state index contributed by atoms with van der Waals surface area (Å²) in [5.41, 5.74) is 1.28. The van der Waals surface area contributed by atoms with Crippen molar-refractivity contribution in [2.75, 3.05) is 26.3 Å². The molecule has 1 saturated heterocycles. The van der Waals surface area contributed by atoms with Gasteiger partial charge in [0.05, 0.1) is 36.4 Å². The first kappa shape index (κ1) is 17.7. The summed E-state index contributed by atoms with van der Waals surface area (Å²) in [5, 5.41) is 13.6. The Morgan fingerprint density at radius 2 is 2.35 bits per heavy atom. The third-order valence-electron chi connectivity index (χ3n) is 4.96. The van der Waals surface area contributed by atoms with E-state index in [4.69, 9.17) is 16.3 Å². The molecular formula is C17H20ClFN4O3. The zero-order valence-corrected chi connectivity index (χ0v) is 14.9. The summed E-state index contributed by atoms with van der Waals surface area (Å²) >= 11 is 5.79. The molecule has 0 aromatic carbocycles. The predicted molar refractivity (Wildman–Crippen MR) is 93.4 cm³/mol. The van der Waals surface area contributed by atoms with Gasteiger partial charge in [-0.25, -0.2) is 9.37 Å². The van der Waals surface area contributed by atoms with Gasteiger partial charge in [-0.05, 0) is 19.0 Å². The maximum Gasteiger partial charge on any atom is 0.254 e. The Labute approximate surface area is 154 Å². The van der Waals surface area contributed by atoms with Gasteiger partial charge < -0.3 is 24.6 Å². The number of amides is 1. The molecule has 2 aliphatic heterocycles. The maximum absolute atomic E-state index is 14.2. The largest absolute Gasteiger partial charge is 0.381 e. The number of hydrogen-bond donors (Lipinski definition) is 2. The van der Waals surface area contributed by atoms with Crippen LogP contribution in [0.3, 0.4) is 0 Å². The van der Waals surface area contributed by atoms with Gasteiger partial charge in [-0.3, -0.25) is 4.79 Å². The van der Waals surface area contributed by atoms with Crippen LogP contribution in [0, 0.1) is 5.82 Å². The summed E-state index contributed by atoms with van der Waals surface area (Å²) < 4.78 is 21.5. The van der Waals surface area contributed by atoms with Gasteiger partial charge in [0.2, 0.25) is 0 Å². The third-order valence-corrected chi connectivity index (χ3v) is 5.23. The number of rotatable bonds is 5. The van der Waals surface area contributed by atoms with Gasteiger partial charge in [-0.2, -0.15) is 0 Å². The van der Waals surface area contributed by atoms with Crippen LogP contribution >= 0.6 is 11.6 Å². The molecular weight excluding hydrogens is 363 g/mol. The predicted octanol–water partition coefficient (Wildman–Crippen LogP) is 0.910. The monoisotopic (exact) mass is 382 g/mol. The number of hydrogen-bond acceptors (Lipinski definition) is 5. The van der Waals surface area contributed by atoms with Gasteiger partial charge >= 0.3 is 0 Å². The van der Waals surface area contributed by atoms with Crippen LogP contribution in [0.4, 0.5) is 4.39 Å². The summed E-state index contributed by atoms with van der Waals surface area (Å²) in [4.78, 5) is 18.2. The number of halogens is 2. The third kappa shape index (κ3) is 3.18. The average molecular weight is 383 g/mol. The molecule has 2 aliphatic rings. The van der Waals surface area contributed by atoms with Crippen LogP contribution in [0.15, 0.2) is 12.3 Å². The van der Waals surface area contributed by atoms with E-state index in [1.165, 1.54) is 6.20 Å². The number of nitrogens with one attached hydrogen (secondary N) is 1. The minimum absolute atomic E-state index is 0.0255. The number of pyridine rings is 1. The lowest BCUT2D eigenvalue weighted by molar-refractivity contribution is -0.145. The van der Waals surface area contributed by atoms with Gasteiger partial charge in [0.15, 0.2) is 11.9 Å². The molecule has 140 valence electrons. The van der Waals surface area contributed by atoms with Crippen molar-refractivity contribution in [1.82, 2.24) is 19.8 Å². The average Bonchev–Trinajstić information content (AvgIpc) is 2.98. The molecule has 1 amide bonds. The molecule has 7 nitrogen and oxygen atoms in total. The molecule has 0 spiro atoms. The molecule has 2 aromatic heterocycles. The Morgan fingerprint density at radius 3 is 3.08 bits per heavy atom. The van der Waals surface area contributed by atoms with Crippen molar-refractivity contribution in [2.24, 2.45) is 0 Å². The molecule has 9 heteroatoms. The quantitative estimate of drug-likeness (QED) is 0.803. The van der Waals surface area contributed by atoms with E-state index < -0.39 is 11.9 Å². The normalized spacial score (nSPS) is 20.7. The number of carbonyl (C=O) groups is 1. The van der Waals surface area contributed by atoms with Crippen molar-refractivity contribution in [2.45, 2.75) is 31.7 Å².